The maximum atomic E-state index is 12.4. The average molecular weight is 309 g/mol. The Morgan fingerprint density at radius 2 is 2.10 bits per heavy atom. The number of aliphatic hydroxyl groups excluding tert-OH is 1. The number of nitrogens with zero attached hydrogens (tertiary/aromatic N) is 3. The number of aromatic nitrogens is 2. The molecule has 1 aromatic heterocycles. The van der Waals surface area contributed by atoms with Crippen molar-refractivity contribution in [3.63, 3.8) is 0 Å². The molecule has 120 valence electrons. The molecule has 0 spiro atoms. The van der Waals surface area contributed by atoms with Gasteiger partial charge in [0, 0.05) is 7.11 Å². The predicted molar refractivity (Wildman–Crippen MR) is 65.1 cm³/mol. The Morgan fingerprint density at radius 3 is 2.67 bits per heavy atom. The van der Waals surface area contributed by atoms with Crippen LogP contribution in [0.25, 0.3) is 0 Å². The number of ether oxygens (including phenoxy) is 1. The highest BCUT2D eigenvalue weighted by molar-refractivity contribution is 4.87. The van der Waals surface area contributed by atoms with Crippen molar-refractivity contribution >= 4 is 0 Å². The van der Waals surface area contributed by atoms with Gasteiger partial charge in [0.2, 0.25) is 5.89 Å². The van der Waals surface area contributed by atoms with E-state index in [4.69, 9.17) is 9.26 Å². The van der Waals surface area contributed by atoms with Gasteiger partial charge in [0.1, 0.15) is 6.61 Å². The molecule has 1 fully saturated rings. The number of aliphatic hydroxyl groups is 1. The molecule has 2 heterocycles. The van der Waals surface area contributed by atoms with Crippen molar-refractivity contribution in [3.8, 4) is 0 Å². The van der Waals surface area contributed by atoms with Crippen molar-refractivity contribution in [1.82, 2.24) is 15.0 Å². The molecular weight excluding hydrogens is 291 g/mol. The zero-order valence-corrected chi connectivity index (χ0v) is 11.6. The molecule has 0 aromatic carbocycles. The van der Waals surface area contributed by atoms with Gasteiger partial charge in [-0.1, -0.05) is 5.16 Å². The Hall–Kier alpha value is -1.19. The van der Waals surface area contributed by atoms with E-state index < -0.39 is 18.2 Å². The Morgan fingerprint density at radius 1 is 1.43 bits per heavy atom. The molecule has 1 aromatic rings. The van der Waals surface area contributed by atoms with Gasteiger partial charge in [0.25, 0.3) is 0 Å². The van der Waals surface area contributed by atoms with Crippen molar-refractivity contribution in [2.24, 2.45) is 5.92 Å². The molecule has 1 aliphatic heterocycles. The SMILES string of the molecule is COCc1noc(CN2CCC(C(O)C(F)(F)F)CC2)n1. The fourth-order valence-corrected chi connectivity index (χ4v) is 2.43. The fourth-order valence-electron chi connectivity index (χ4n) is 2.43. The first kappa shape index (κ1) is 16.2. The van der Waals surface area contributed by atoms with Crippen LogP contribution in [0.4, 0.5) is 13.2 Å². The van der Waals surface area contributed by atoms with Crippen LogP contribution in [-0.4, -0.2) is 52.6 Å². The summed E-state index contributed by atoms with van der Waals surface area (Å²) in [7, 11) is 1.52. The molecule has 0 aliphatic carbocycles. The Balaban J connectivity index is 1.81. The van der Waals surface area contributed by atoms with Crippen LogP contribution in [0.1, 0.15) is 24.6 Å². The van der Waals surface area contributed by atoms with E-state index in [9.17, 15) is 18.3 Å². The molecule has 1 atom stereocenters. The van der Waals surface area contributed by atoms with Crippen molar-refractivity contribution in [2.75, 3.05) is 20.2 Å². The molecule has 9 heteroatoms. The highest BCUT2D eigenvalue weighted by Gasteiger charge is 2.44. The van der Waals surface area contributed by atoms with E-state index in [0.717, 1.165) is 0 Å². The van der Waals surface area contributed by atoms with Crippen molar-refractivity contribution in [3.05, 3.63) is 11.7 Å². The Kier molecular flexibility index (Phi) is 5.17. The Labute approximate surface area is 119 Å². The van der Waals surface area contributed by atoms with Crippen LogP contribution >= 0.6 is 0 Å². The second-order valence-corrected chi connectivity index (χ2v) is 5.14. The van der Waals surface area contributed by atoms with E-state index in [2.05, 4.69) is 10.1 Å². The average Bonchev–Trinajstić information content (AvgIpc) is 2.86. The van der Waals surface area contributed by atoms with Gasteiger partial charge >= 0.3 is 6.18 Å². The second kappa shape index (κ2) is 6.71. The lowest BCUT2D eigenvalue weighted by Crippen LogP contribution is -2.43. The third kappa shape index (κ3) is 4.39. The second-order valence-electron chi connectivity index (χ2n) is 5.14. The first-order valence-corrected chi connectivity index (χ1v) is 6.67. The lowest BCUT2D eigenvalue weighted by molar-refractivity contribution is -0.223. The predicted octanol–water partition coefficient (Wildman–Crippen LogP) is 1.35. The van der Waals surface area contributed by atoms with Crippen molar-refractivity contribution < 1.29 is 27.5 Å². The minimum Gasteiger partial charge on any atom is -0.383 e. The highest BCUT2D eigenvalue weighted by Crippen LogP contribution is 2.31. The third-order valence-electron chi connectivity index (χ3n) is 3.56. The minimum atomic E-state index is -4.55. The van der Waals surface area contributed by atoms with Gasteiger partial charge in [-0.25, -0.2) is 0 Å². The smallest absolute Gasteiger partial charge is 0.383 e. The topological polar surface area (TPSA) is 71.6 Å². The van der Waals surface area contributed by atoms with Gasteiger partial charge in [0.05, 0.1) is 6.54 Å². The van der Waals surface area contributed by atoms with Crippen LogP contribution < -0.4 is 0 Å². The van der Waals surface area contributed by atoms with Crippen LogP contribution in [0.3, 0.4) is 0 Å². The van der Waals surface area contributed by atoms with Crippen LogP contribution in [0, 0.1) is 5.92 Å². The molecule has 1 N–H and O–H groups in total. The zero-order valence-electron chi connectivity index (χ0n) is 11.6. The molecule has 0 radical (unpaired) electrons. The summed E-state index contributed by atoms with van der Waals surface area (Å²) in [5, 5.41) is 13.0. The number of hydrogen-bond donors (Lipinski definition) is 1. The van der Waals surface area contributed by atoms with E-state index in [-0.39, 0.29) is 6.61 Å². The number of rotatable bonds is 5. The lowest BCUT2D eigenvalue weighted by atomic mass is 9.91. The maximum absolute atomic E-state index is 12.4. The van der Waals surface area contributed by atoms with Crippen molar-refractivity contribution in [2.45, 2.75) is 38.3 Å². The highest BCUT2D eigenvalue weighted by atomic mass is 19.4. The van der Waals surface area contributed by atoms with Gasteiger partial charge in [-0.3, -0.25) is 4.90 Å². The quantitative estimate of drug-likeness (QED) is 0.885. The molecule has 1 saturated heterocycles. The first-order valence-electron chi connectivity index (χ1n) is 6.67. The number of methoxy groups -OCH3 is 1. The Bertz CT molecular complexity index is 444. The molecule has 0 saturated carbocycles. The molecular formula is C12H18F3N3O3. The summed E-state index contributed by atoms with van der Waals surface area (Å²) >= 11 is 0. The molecule has 21 heavy (non-hydrogen) atoms. The molecule has 1 unspecified atom stereocenters. The number of piperidine rings is 1. The van der Waals surface area contributed by atoms with Gasteiger partial charge in [0.15, 0.2) is 11.9 Å². The molecule has 1 aliphatic rings. The zero-order chi connectivity index (χ0) is 15.5. The standard InChI is InChI=1S/C12H18F3N3O3/c1-20-7-9-16-10(21-17-9)6-18-4-2-8(3-5-18)11(19)12(13,14)15/h8,11,19H,2-7H2,1H3. The van der Waals surface area contributed by atoms with Crippen LogP contribution in [-0.2, 0) is 17.9 Å². The van der Waals surface area contributed by atoms with Gasteiger partial charge in [-0.2, -0.15) is 18.2 Å². The maximum Gasteiger partial charge on any atom is 0.414 e. The minimum absolute atomic E-state index is 0.253. The molecule has 0 bridgehead atoms. The van der Waals surface area contributed by atoms with Gasteiger partial charge in [-0.05, 0) is 31.8 Å². The number of alkyl halides is 3. The monoisotopic (exact) mass is 309 g/mol. The first-order chi connectivity index (χ1) is 9.90. The molecule has 2 rings (SSSR count). The van der Waals surface area contributed by atoms with Crippen LogP contribution in [0.15, 0.2) is 4.52 Å². The summed E-state index contributed by atoms with van der Waals surface area (Å²) in [5.41, 5.74) is 0. The largest absolute Gasteiger partial charge is 0.414 e. The van der Waals surface area contributed by atoms with E-state index in [1.807, 2.05) is 4.90 Å². The van der Waals surface area contributed by atoms with Gasteiger partial charge < -0.3 is 14.4 Å². The summed E-state index contributed by atoms with van der Waals surface area (Å²) in [4.78, 5) is 6.05. The third-order valence-corrected chi connectivity index (χ3v) is 3.56. The lowest BCUT2D eigenvalue weighted by Gasteiger charge is -2.33. The fraction of sp³-hybridized carbons (Fsp3) is 0.833. The van der Waals surface area contributed by atoms with E-state index in [1.165, 1.54) is 7.11 Å². The summed E-state index contributed by atoms with van der Waals surface area (Å²) in [6, 6.07) is 0. The summed E-state index contributed by atoms with van der Waals surface area (Å²) in [6.45, 7) is 1.56. The normalized spacial score (nSPS) is 19.9. The van der Waals surface area contributed by atoms with E-state index in [0.29, 0.717) is 44.2 Å². The number of hydrogen-bond acceptors (Lipinski definition) is 6. The van der Waals surface area contributed by atoms with E-state index in [1.54, 1.807) is 0 Å². The van der Waals surface area contributed by atoms with Crippen molar-refractivity contribution in [1.29, 1.82) is 0 Å². The molecule has 0 amide bonds. The molecule has 6 nitrogen and oxygen atoms in total. The van der Waals surface area contributed by atoms with Crippen LogP contribution in [0.2, 0.25) is 0 Å². The summed E-state index contributed by atoms with van der Waals surface area (Å²) < 4.78 is 47.2. The number of likely N-dealkylation sites (tertiary alicyclic amines) is 1. The van der Waals surface area contributed by atoms with E-state index >= 15 is 0 Å². The number of halogens is 3. The summed E-state index contributed by atoms with van der Waals surface area (Å²) in [6.07, 6.45) is -6.20. The van der Waals surface area contributed by atoms with Gasteiger partial charge in [-0.15, -0.1) is 0 Å². The van der Waals surface area contributed by atoms with Crippen LogP contribution in [0.5, 0.6) is 0 Å². The summed E-state index contributed by atoms with van der Waals surface area (Å²) in [5.74, 6) is 0.111.